The van der Waals surface area contributed by atoms with Gasteiger partial charge in [-0.15, -0.1) is 0 Å². The highest BCUT2D eigenvalue weighted by Crippen LogP contribution is 2.23. The number of pyridine rings is 1. The van der Waals surface area contributed by atoms with Gasteiger partial charge in [-0.1, -0.05) is 18.2 Å². The monoisotopic (exact) mass is 270 g/mol. The maximum Gasteiger partial charge on any atom is 0.260 e. The van der Waals surface area contributed by atoms with E-state index in [-0.39, 0.29) is 12.5 Å². The molecule has 104 valence electrons. The van der Waals surface area contributed by atoms with E-state index in [9.17, 15) is 4.79 Å². The van der Waals surface area contributed by atoms with Gasteiger partial charge >= 0.3 is 0 Å². The van der Waals surface area contributed by atoms with E-state index in [1.165, 1.54) is 6.42 Å². The van der Waals surface area contributed by atoms with E-state index in [2.05, 4.69) is 4.98 Å². The lowest BCUT2D eigenvalue weighted by atomic mass is 10.1. The minimum Gasteiger partial charge on any atom is -0.481 e. The molecule has 1 aliphatic heterocycles. The highest BCUT2D eigenvalue weighted by Gasteiger charge is 2.17. The summed E-state index contributed by atoms with van der Waals surface area (Å²) >= 11 is 0. The van der Waals surface area contributed by atoms with E-state index in [1.54, 1.807) is 6.20 Å². The van der Waals surface area contributed by atoms with Crippen LogP contribution in [0.5, 0.6) is 5.75 Å². The zero-order chi connectivity index (χ0) is 13.8. The predicted octanol–water partition coefficient (Wildman–Crippen LogP) is 2.63. The molecule has 0 bridgehead atoms. The normalized spacial score (nSPS) is 15.3. The van der Waals surface area contributed by atoms with Crippen molar-refractivity contribution < 1.29 is 9.53 Å². The van der Waals surface area contributed by atoms with E-state index in [1.807, 2.05) is 35.2 Å². The van der Waals surface area contributed by atoms with Crippen LogP contribution in [0.3, 0.4) is 0 Å². The number of carbonyl (C=O) groups excluding carboxylic acids is 1. The van der Waals surface area contributed by atoms with E-state index in [0.29, 0.717) is 5.75 Å². The molecule has 4 nitrogen and oxygen atoms in total. The molecule has 1 amide bonds. The summed E-state index contributed by atoms with van der Waals surface area (Å²) in [5.41, 5.74) is 0.807. The lowest BCUT2D eigenvalue weighted by molar-refractivity contribution is -0.134. The molecule has 0 unspecified atom stereocenters. The predicted molar refractivity (Wildman–Crippen MR) is 77.7 cm³/mol. The van der Waals surface area contributed by atoms with Crippen molar-refractivity contribution in [1.29, 1.82) is 0 Å². The van der Waals surface area contributed by atoms with E-state index in [4.69, 9.17) is 4.74 Å². The van der Waals surface area contributed by atoms with Crippen molar-refractivity contribution in [3.8, 4) is 5.75 Å². The fourth-order valence-electron chi connectivity index (χ4n) is 2.57. The van der Waals surface area contributed by atoms with Gasteiger partial charge in [0.05, 0.1) is 0 Å². The molecule has 3 rings (SSSR count). The molecule has 1 aromatic heterocycles. The summed E-state index contributed by atoms with van der Waals surface area (Å²) in [6.07, 6.45) is 5.16. The third-order valence-electron chi connectivity index (χ3n) is 3.66. The average molecular weight is 270 g/mol. The van der Waals surface area contributed by atoms with Crippen molar-refractivity contribution in [2.45, 2.75) is 19.3 Å². The van der Waals surface area contributed by atoms with Gasteiger partial charge in [-0.05, 0) is 31.4 Å². The number of benzene rings is 1. The lowest BCUT2D eigenvalue weighted by Gasteiger charge is -2.26. The molecule has 0 N–H and O–H groups in total. The maximum absolute atomic E-state index is 12.1. The van der Waals surface area contributed by atoms with Crippen LogP contribution < -0.4 is 4.74 Å². The van der Waals surface area contributed by atoms with Crippen LogP contribution in [0.2, 0.25) is 0 Å². The molecule has 0 saturated carbocycles. The highest BCUT2D eigenvalue weighted by molar-refractivity contribution is 5.85. The Hall–Kier alpha value is -2.10. The minimum atomic E-state index is 0.0673. The van der Waals surface area contributed by atoms with Gasteiger partial charge in [-0.3, -0.25) is 9.78 Å². The Morgan fingerprint density at radius 1 is 1.15 bits per heavy atom. The first-order chi connectivity index (χ1) is 9.84. The third kappa shape index (κ3) is 2.74. The Morgan fingerprint density at radius 3 is 2.80 bits per heavy atom. The van der Waals surface area contributed by atoms with Gasteiger partial charge in [-0.25, -0.2) is 0 Å². The lowest BCUT2D eigenvalue weighted by Crippen LogP contribution is -2.38. The second-order valence-corrected chi connectivity index (χ2v) is 5.06. The number of piperidine rings is 1. The topological polar surface area (TPSA) is 42.4 Å². The third-order valence-corrected chi connectivity index (χ3v) is 3.66. The highest BCUT2D eigenvalue weighted by atomic mass is 16.5. The van der Waals surface area contributed by atoms with Crippen LogP contribution in [0.4, 0.5) is 0 Å². The number of hydrogen-bond donors (Lipinski definition) is 0. The first kappa shape index (κ1) is 12.9. The number of amides is 1. The molecule has 0 aliphatic carbocycles. The number of nitrogens with zero attached hydrogens (tertiary/aromatic N) is 2. The molecule has 1 aromatic carbocycles. The van der Waals surface area contributed by atoms with Gasteiger partial charge in [0, 0.05) is 24.7 Å². The molecule has 0 radical (unpaired) electrons. The SMILES string of the molecule is O=C(COc1cccc2cccnc12)N1CCCCC1. The zero-order valence-electron chi connectivity index (χ0n) is 11.4. The first-order valence-electron chi connectivity index (χ1n) is 7.09. The number of rotatable bonds is 3. The van der Waals surface area contributed by atoms with Gasteiger partial charge in [-0.2, -0.15) is 0 Å². The van der Waals surface area contributed by atoms with Crippen LogP contribution in [0.25, 0.3) is 10.9 Å². The Labute approximate surface area is 118 Å². The summed E-state index contributed by atoms with van der Waals surface area (Å²) < 4.78 is 5.68. The van der Waals surface area contributed by atoms with Gasteiger partial charge < -0.3 is 9.64 Å². The van der Waals surface area contributed by atoms with Crippen LogP contribution in [-0.4, -0.2) is 35.5 Å². The van der Waals surface area contributed by atoms with Crippen molar-refractivity contribution in [3.63, 3.8) is 0 Å². The number of carbonyl (C=O) groups is 1. The van der Waals surface area contributed by atoms with Crippen molar-refractivity contribution in [2.75, 3.05) is 19.7 Å². The number of para-hydroxylation sites is 1. The van der Waals surface area contributed by atoms with Gasteiger partial charge in [0.15, 0.2) is 6.61 Å². The largest absolute Gasteiger partial charge is 0.481 e. The molecule has 0 atom stereocenters. The van der Waals surface area contributed by atoms with Crippen molar-refractivity contribution in [2.24, 2.45) is 0 Å². The minimum absolute atomic E-state index is 0.0673. The number of likely N-dealkylation sites (tertiary alicyclic amines) is 1. The van der Waals surface area contributed by atoms with Crippen LogP contribution in [0.1, 0.15) is 19.3 Å². The summed E-state index contributed by atoms with van der Waals surface area (Å²) in [4.78, 5) is 18.3. The fraction of sp³-hybridized carbons (Fsp3) is 0.375. The molecule has 2 heterocycles. The van der Waals surface area contributed by atoms with Gasteiger partial charge in [0.2, 0.25) is 0 Å². The van der Waals surface area contributed by atoms with Crippen LogP contribution in [0.15, 0.2) is 36.5 Å². The van der Waals surface area contributed by atoms with Crippen LogP contribution >= 0.6 is 0 Å². The number of hydrogen-bond acceptors (Lipinski definition) is 3. The van der Waals surface area contributed by atoms with Crippen molar-refractivity contribution in [1.82, 2.24) is 9.88 Å². The molecule has 1 fully saturated rings. The van der Waals surface area contributed by atoms with Gasteiger partial charge in [0.25, 0.3) is 5.91 Å². The van der Waals surface area contributed by atoms with E-state index >= 15 is 0 Å². The summed E-state index contributed by atoms with van der Waals surface area (Å²) in [7, 11) is 0. The first-order valence-corrected chi connectivity index (χ1v) is 7.09. The Balaban J connectivity index is 1.69. The molecule has 2 aromatic rings. The van der Waals surface area contributed by atoms with Crippen LogP contribution in [-0.2, 0) is 4.79 Å². The average Bonchev–Trinajstić information content (AvgIpc) is 2.53. The van der Waals surface area contributed by atoms with Crippen molar-refractivity contribution >= 4 is 16.8 Å². The maximum atomic E-state index is 12.1. The number of fused-ring (bicyclic) bond motifs is 1. The Kier molecular flexibility index (Phi) is 3.81. The standard InChI is InChI=1S/C16H18N2O2/c19-15(18-10-2-1-3-11-18)12-20-14-8-4-6-13-7-5-9-17-16(13)14/h4-9H,1-3,10-12H2. The van der Waals surface area contributed by atoms with Crippen LogP contribution in [0, 0.1) is 0 Å². The molecule has 0 spiro atoms. The Bertz CT molecular complexity index is 601. The number of ether oxygens (including phenoxy) is 1. The zero-order valence-corrected chi connectivity index (χ0v) is 11.4. The molecular weight excluding hydrogens is 252 g/mol. The molecule has 1 aliphatic rings. The second kappa shape index (κ2) is 5.90. The van der Waals surface area contributed by atoms with E-state index < -0.39 is 0 Å². The summed E-state index contributed by atoms with van der Waals surface area (Å²) in [5, 5.41) is 1.02. The smallest absolute Gasteiger partial charge is 0.260 e. The molecule has 4 heteroatoms. The summed E-state index contributed by atoms with van der Waals surface area (Å²) in [6.45, 7) is 1.81. The number of aromatic nitrogens is 1. The summed E-state index contributed by atoms with van der Waals surface area (Å²) in [5.74, 6) is 0.742. The summed E-state index contributed by atoms with van der Waals surface area (Å²) in [6, 6.07) is 9.65. The van der Waals surface area contributed by atoms with Crippen molar-refractivity contribution in [3.05, 3.63) is 36.5 Å². The molecular formula is C16H18N2O2. The van der Waals surface area contributed by atoms with E-state index in [0.717, 1.165) is 36.8 Å². The second-order valence-electron chi connectivity index (χ2n) is 5.06. The molecule has 1 saturated heterocycles. The quantitative estimate of drug-likeness (QED) is 0.861. The Morgan fingerprint density at radius 2 is 1.95 bits per heavy atom. The van der Waals surface area contributed by atoms with Gasteiger partial charge in [0.1, 0.15) is 11.3 Å². The fourth-order valence-corrected chi connectivity index (χ4v) is 2.57. The molecule has 20 heavy (non-hydrogen) atoms.